The Morgan fingerprint density at radius 3 is 2.33 bits per heavy atom. The molecule has 0 aromatic heterocycles. The van der Waals surface area contributed by atoms with Crippen molar-refractivity contribution in [3.05, 3.63) is 34.4 Å². The van der Waals surface area contributed by atoms with Gasteiger partial charge in [-0.3, -0.25) is 0 Å². The first kappa shape index (κ1) is 12.2. The van der Waals surface area contributed by atoms with E-state index in [4.69, 9.17) is 5.73 Å². The van der Waals surface area contributed by atoms with Gasteiger partial charge in [-0.15, -0.1) is 0 Å². The molecule has 1 aromatic rings. The maximum atomic E-state index is 6.75. The molecule has 0 saturated heterocycles. The zero-order valence-corrected chi connectivity index (χ0v) is 11.9. The largest absolute Gasteiger partial charge is 0.325 e. The van der Waals surface area contributed by atoms with Gasteiger partial charge in [0, 0.05) is 5.54 Å². The summed E-state index contributed by atoms with van der Waals surface area (Å²) in [5, 5.41) is 0. The molecule has 1 aromatic carbocycles. The monoisotopic (exact) mass is 243 g/mol. The fourth-order valence-corrected chi connectivity index (χ4v) is 4.52. The first-order valence-corrected chi connectivity index (χ1v) is 7.33. The SMILES string of the molecule is Cc1cc(C)c(CC2(N)CC3CCC2C3)c(C)c1. The molecule has 2 fully saturated rings. The molecule has 0 radical (unpaired) electrons. The highest BCUT2D eigenvalue weighted by Gasteiger charge is 2.48. The van der Waals surface area contributed by atoms with Crippen molar-refractivity contribution in [1.82, 2.24) is 0 Å². The molecule has 0 aliphatic heterocycles. The molecule has 2 saturated carbocycles. The van der Waals surface area contributed by atoms with Gasteiger partial charge in [0.05, 0.1) is 0 Å². The summed E-state index contributed by atoms with van der Waals surface area (Å²) in [6.07, 6.45) is 6.53. The smallest absolute Gasteiger partial charge is 0.0226 e. The minimum absolute atomic E-state index is 0.0910. The number of hydrogen-bond donors (Lipinski definition) is 1. The molecule has 18 heavy (non-hydrogen) atoms. The number of fused-ring (bicyclic) bond motifs is 2. The van der Waals surface area contributed by atoms with Crippen molar-refractivity contribution in [1.29, 1.82) is 0 Å². The number of benzene rings is 1. The molecule has 1 heteroatoms. The lowest BCUT2D eigenvalue weighted by atomic mass is 9.76. The van der Waals surface area contributed by atoms with Crippen molar-refractivity contribution in [2.75, 3.05) is 0 Å². The van der Waals surface area contributed by atoms with Crippen molar-refractivity contribution in [3.8, 4) is 0 Å². The molecule has 3 unspecified atom stereocenters. The third kappa shape index (κ3) is 1.89. The predicted octanol–water partition coefficient (Wildman–Crippen LogP) is 3.67. The van der Waals surface area contributed by atoms with Gasteiger partial charge in [0.2, 0.25) is 0 Å². The Labute approximate surface area is 111 Å². The zero-order chi connectivity index (χ0) is 12.9. The normalized spacial score (nSPS) is 34.2. The van der Waals surface area contributed by atoms with Crippen LogP contribution in [0.1, 0.15) is 47.9 Å². The number of aryl methyl sites for hydroxylation is 3. The van der Waals surface area contributed by atoms with E-state index in [-0.39, 0.29) is 5.54 Å². The van der Waals surface area contributed by atoms with Crippen molar-refractivity contribution in [2.24, 2.45) is 17.6 Å². The van der Waals surface area contributed by atoms with E-state index in [1.807, 2.05) is 0 Å². The lowest BCUT2D eigenvalue weighted by molar-refractivity contribution is 0.268. The van der Waals surface area contributed by atoms with Crippen LogP contribution in [0.4, 0.5) is 0 Å². The van der Waals surface area contributed by atoms with Gasteiger partial charge >= 0.3 is 0 Å². The van der Waals surface area contributed by atoms with E-state index in [1.165, 1.54) is 47.9 Å². The first-order valence-electron chi connectivity index (χ1n) is 7.33. The fourth-order valence-electron chi connectivity index (χ4n) is 4.52. The maximum absolute atomic E-state index is 6.75. The summed E-state index contributed by atoms with van der Waals surface area (Å²) < 4.78 is 0. The van der Waals surface area contributed by atoms with E-state index in [0.717, 1.165) is 18.3 Å². The highest BCUT2D eigenvalue weighted by Crippen LogP contribution is 2.51. The predicted molar refractivity (Wildman–Crippen MR) is 76.7 cm³/mol. The molecular formula is C17H25N. The van der Waals surface area contributed by atoms with E-state index in [9.17, 15) is 0 Å². The average molecular weight is 243 g/mol. The summed E-state index contributed by atoms with van der Waals surface area (Å²) in [5.41, 5.74) is 12.6. The van der Waals surface area contributed by atoms with Crippen LogP contribution in [-0.4, -0.2) is 5.54 Å². The van der Waals surface area contributed by atoms with Crippen molar-refractivity contribution in [2.45, 2.75) is 58.4 Å². The molecule has 0 heterocycles. The van der Waals surface area contributed by atoms with Gasteiger partial charge in [0.15, 0.2) is 0 Å². The molecule has 3 rings (SSSR count). The second kappa shape index (κ2) is 4.09. The zero-order valence-electron chi connectivity index (χ0n) is 11.9. The van der Waals surface area contributed by atoms with E-state index in [1.54, 1.807) is 0 Å². The minimum atomic E-state index is 0.0910. The van der Waals surface area contributed by atoms with Crippen LogP contribution in [0.15, 0.2) is 12.1 Å². The summed E-state index contributed by atoms with van der Waals surface area (Å²) in [7, 11) is 0. The summed E-state index contributed by atoms with van der Waals surface area (Å²) in [5.74, 6) is 1.70. The van der Waals surface area contributed by atoms with Crippen LogP contribution in [0.3, 0.4) is 0 Å². The topological polar surface area (TPSA) is 26.0 Å². The molecule has 0 spiro atoms. The van der Waals surface area contributed by atoms with Crippen LogP contribution in [-0.2, 0) is 6.42 Å². The van der Waals surface area contributed by atoms with Crippen molar-refractivity contribution < 1.29 is 0 Å². The van der Waals surface area contributed by atoms with Crippen molar-refractivity contribution in [3.63, 3.8) is 0 Å². The highest BCUT2D eigenvalue weighted by molar-refractivity contribution is 5.39. The number of nitrogens with two attached hydrogens (primary N) is 1. The van der Waals surface area contributed by atoms with E-state index in [0.29, 0.717) is 0 Å². The van der Waals surface area contributed by atoms with Gasteiger partial charge in [0.1, 0.15) is 0 Å². The standard InChI is InChI=1S/C17H25N/c1-11-6-12(2)16(13(3)7-11)10-17(18)9-14-4-5-15(17)8-14/h6-7,14-15H,4-5,8-10,18H2,1-3H3. The Kier molecular flexibility index (Phi) is 2.78. The Morgan fingerprint density at radius 1 is 1.17 bits per heavy atom. The van der Waals surface area contributed by atoms with Gasteiger partial charge < -0.3 is 5.73 Å². The van der Waals surface area contributed by atoms with Gasteiger partial charge in [-0.05, 0) is 75.0 Å². The van der Waals surface area contributed by atoms with Crippen LogP contribution in [0.2, 0.25) is 0 Å². The third-order valence-electron chi connectivity index (χ3n) is 5.37. The molecule has 2 aliphatic rings. The molecular weight excluding hydrogens is 218 g/mol. The molecule has 98 valence electrons. The number of rotatable bonds is 2. The lowest BCUT2D eigenvalue weighted by Gasteiger charge is -2.35. The van der Waals surface area contributed by atoms with Crippen LogP contribution in [0, 0.1) is 32.6 Å². The van der Waals surface area contributed by atoms with E-state index in [2.05, 4.69) is 32.9 Å². The quantitative estimate of drug-likeness (QED) is 0.842. The summed E-state index contributed by atoms with van der Waals surface area (Å²) in [6, 6.07) is 4.61. The van der Waals surface area contributed by atoms with Gasteiger partial charge in [-0.1, -0.05) is 24.1 Å². The fraction of sp³-hybridized carbons (Fsp3) is 0.647. The Balaban J connectivity index is 1.89. The minimum Gasteiger partial charge on any atom is -0.325 e. The Hall–Kier alpha value is -0.820. The first-order chi connectivity index (χ1) is 8.48. The van der Waals surface area contributed by atoms with Crippen LogP contribution < -0.4 is 5.73 Å². The number of hydrogen-bond acceptors (Lipinski definition) is 1. The summed E-state index contributed by atoms with van der Waals surface area (Å²) in [4.78, 5) is 0. The Morgan fingerprint density at radius 2 is 1.83 bits per heavy atom. The molecule has 1 nitrogen and oxygen atoms in total. The highest BCUT2D eigenvalue weighted by atomic mass is 14.8. The summed E-state index contributed by atoms with van der Waals surface area (Å²) >= 11 is 0. The van der Waals surface area contributed by atoms with Crippen molar-refractivity contribution >= 4 is 0 Å². The van der Waals surface area contributed by atoms with Crippen LogP contribution >= 0.6 is 0 Å². The van der Waals surface area contributed by atoms with Crippen LogP contribution in [0.5, 0.6) is 0 Å². The van der Waals surface area contributed by atoms with E-state index < -0.39 is 0 Å². The molecule has 2 bridgehead atoms. The third-order valence-corrected chi connectivity index (χ3v) is 5.37. The van der Waals surface area contributed by atoms with Crippen LogP contribution in [0.25, 0.3) is 0 Å². The van der Waals surface area contributed by atoms with Gasteiger partial charge in [-0.25, -0.2) is 0 Å². The second-order valence-electron chi connectivity index (χ2n) is 6.87. The van der Waals surface area contributed by atoms with Gasteiger partial charge in [-0.2, -0.15) is 0 Å². The van der Waals surface area contributed by atoms with E-state index >= 15 is 0 Å². The molecule has 2 N–H and O–H groups in total. The molecule has 0 amide bonds. The second-order valence-corrected chi connectivity index (χ2v) is 6.87. The maximum Gasteiger partial charge on any atom is 0.0226 e. The summed E-state index contributed by atoms with van der Waals surface area (Å²) in [6.45, 7) is 6.66. The molecule has 3 atom stereocenters. The molecule has 2 aliphatic carbocycles. The average Bonchev–Trinajstić information content (AvgIpc) is 2.83. The lowest BCUT2D eigenvalue weighted by Crippen LogP contribution is -2.47. The Bertz CT molecular complexity index is 453. The van der Waals surface area contributed by atoms with Gasteiger partial charge in [0.25, 0.3) is 0 Å².